The van der Waals surface area contributed by atoms with Crippen LogP contribution in [0.2, 0.25) is 5.02 Å². The number of nitrogens with zero attached hydrogens (tertiary/aromatic N) is 1. The van der Waals surface area contributed by atoms with Crippen LogP contribution in [0.4, 0.5) is 0 Å². The Morgan fingerprint density at radius 3 is 2.59 bits per heavy atom. The van der Waals surface area contributed by atoms with Gasteiger partial charge >= 0.3 is 0 Å². The summed E-state index contributed by atoms with van der Waals surface area (Å²) in [5.74, 6) is 0.948. The molecule has 0 spiro atoms. The first kappa shape index (κ1) is 15.8. The van der Waals surface area contributed by atoms with E-state index in [9.17, 15) is 4.79 Å². The average molecular weight is 321 g/mol. The number of likely N-dealkylation sites (tertiary alicyclic amines) is 1. The van der Waals surface area contributed by atoms with Crippen LogP contribution >= 0.6 is 11.6 Å². The van der Waals surface area contributed by atoms with Crippen LogP contribution in [0.1, 0.15) is 44.2 Å². The van der Waals surface area contributed by atoms with Gasteiger partial charge in [0.1, 0.15) is 0 Å². The van der Waals surface area contributed by atoms with Gasteiger partial charge in [0.05, 0.1) is 6.04 Å². The van der Waals surface area contributed by atoms with Crippen LogP contribution in [0.15, 0.2) is 24.3 Å². The lowest BCUT2D eigenvalue weighted by Crippen LogP contribution is -2.51. The van der Waals surface area contributed by atoms with Gasteiger partial charge in [-0.3, -0.25) is 4.79 Å². The minimum Gasteiger partial charge on any atom is -0.335 e. The molecule has 2 saturated heterocycles. The number of hydrogen-bond acceptors (Lipinski definition) is 2. The third kappa shape index (κ3) is 3.31. The maximum Gasteiger partial charge on any atom is 0.226 e. The highest BCUT2D eigenvalue weighted by molar-refractivity contribution is 6.30. The van der Waals surface area contributed by atoms with Gasteiger partial charge in [-0.15, -0.1) is 0 Å². The van der Waals surface area contributed by atoms with Gasteiger partial charge in [-0.05, 0) is 49.5 Å². The van der Waals surface area contributed by atoms with E-state index in [1.165, 1.54) is 18.4 Å². The van der Waals surface area contributed by atoms with Crippen LogP contribution in [-0.2, 0) is 4.79 Å². The molecule has 0 aromatic heterocycles. The van der Waals surface area contributed by atoms with E-state index in [4.69, 9.17) is 11.6 Å². The molecule has 1 N–H and O–H groups in total. The lowest BCUT2D eigenvalue weighted by molar-refractivity contribution is -0.140. The quantitative estimate of drug-likeness (QED) is 0.922. The van der Waals surface area contributed by atoms with E-state index in [0.717, 1.165) is 37.5 Å². The number of halogens is 1. The van der Waals surface area contributed by atoms with E-state index in [0.29, 0.717) is 11.8 Å². The number of benzene rings is 1. The molecule has 0 saturated carbocycles. The first-order valence-electron chi connectivity index (χ1n) is 8.43. The van der Waals surface area contributed by atoms with Crippen LogP contribution in [0.25, 0.3) is 0 Å². The third-order valence-corrected chi connectivity index (χ3v) is 5.45. The Morgan fingerprint density at radius 2 is 1.95 bits per heavy atom. The second-order valence-corrected chi connectivity index (χ2v) is 7.09. The molecule has 2 aliphatic rings. The van der Waals surface area contributed by atoms with Gasteiger partial charge in [0, 0.05) is 17.5 Å². The molecule has 2 unspecified atom stereocenters. The Labute approximate surface area is 138 Å². The molecule has 2 aliphatic heterocycles. The van der Waals surface area contributed by atoms with E-state index in [2.05, 4.69) is 29.3 Å². The van der Waals surface area contributed by atoms with Crippen LogP contribution in [0.3, 0.4) is 0 Å². The monoisotopic (exact) mass is 320 g/mol. The fourth-order valence-corrected chi connectivity index (χ4v) is 3.66. The molecule has 2 heterocycles. The van der Waals surface area contributed by atoms with Crippen molar-refractivity contribution in [2.24, 2.45) is 11.8 Å². The van der Waals surface area contributed by atoms with Crippen molar-refractivity contribution in [1.29, 1.82) is 0 Å². The van der Waals surface area contributed by atoms with Crippen LogP contribution in [-0.4, -0.2) is 30.4 Å². The summed E-state index contributed by atoms with van der Waals surface area (Å²) in [4.78, 5) is 15.1. The summed E-state index contributed by atoms with van der Waals surface area (Å²) < 4.78 is 0. The summed E-state index contributed by atoms with van der Waals surface area (Å²) in [5, 5.41) is 4.03. The predicted molar refractivity (Wildman–Crippen MR) is 89.9 cm³/mol. The van der Waals surface area contributed by atoms with Crippen molar-refractivity contribution >= 4 is 17.5 Å². The Bertz CT molecular complexity index is 512. The first-order chi connectivity index (χ1) is 10.7. The predicted octanol–water partition coefficient (Wildman–Crippen LogP) is 3.64. The average Bonchev–Trinajstić information content (AvgIpc) is 2.71. The van der Waals surface area contributed by atoms with Gasteiger partial charge < -0.3 is 10.2 Å². The second kappa shape index (κ2) is 7.01. The van der Waals surface area contributed by atoms with Gasteiger partial charge in [0.2, 0.25) is 5.91 Å². The number of rotatable bonds is 3. The zero-order valence-corrected chi connectivity index (χ0v) is 14.0. The maximum atomic E-state index is 13.0. The van der Waals surface area contributed by atoms with E-state index in [1.807, 2.05) is 12.1 Å². The van der Waals surface area contributed by atoms with Crippen molar-refractivity contribution in [1.82, 2.24) is 10.2 Å². The molecule has 1 aromatic carbocycles. The zero-order valence-electron chi connectivity index (χ0n) is 13.2. The van der Waals surface area contributed by atoms with Crippen LogP contribution < -0.4 is 5.32 Å². The van der Waals surface area contributed by atoms with Gasteiger partial charge in [-0.25, -0.2) is 0 Å². The summed E-state index contributed by atoms with van der Waals surface area (Å²) >= 11 is 6.01. The fraction of sp³-hybridized carbons (Fsp3) is 0.611. The molecule has 1 aromatic rings. The molecule has 0 aliphatic carbocycles. The smallest absolute Gasteiger partial charge is 0.226 e. The van der Waals surface area contributed by atoms with Crippen molar-refractivity contribution in [3.63, 3.8) is 0 Å². The molecular formula is C18H25ClN2O. The van der Waals surface area contributed by atoms with Crippen molar-refractivity contribution < 1.29 is 4.79 Å². The molecule has 0 bridgehead atoms. The minimum atomic E-state index is 0.120. The molecule has 0 radical (unpaired) electrons. The summed E-state index contributed by atoms with van der Waals surface area (Å²) in [7, 11) is 0. The Morgan fingerprint density at radius 1 is 1.23 bits per heavy atom. The Kier molecular flexibility index (Phi) is 5.04. The van der Waals surface area contributed by atoms with Crippen molar-refractivity contribution in [2.45, 2.75) is 38.6 Å². The normalized spacial score (nSPS) is 24.5. The molecule has 2 atom stereocenters. The van der Waals surface area contributed by atoms with Gasteiger partial charge in [-0.1, -0.05) is 43.5 Å². The van der Waals surface area contributed by atoms with E-state index in [-0.39, 0.29) is 12.0 Å². The number of amides is 1. The van der Waals surface area contributed by atoms with Crippen molar-refractivity contribution in [3.8, 4) is 0 Å². The van der Waals surface area contributed by atoms with Gasteiger partial charge in [-0.2, -0.15) is 0 Å². The number of nitrogens with one attached hydrogen (secondary N) is 1. The molecular weight excluding hydrogens is 296 g/mol. The molecule has 22 heavy (non-hydrogen) atoms. The lowest BCUT2D eigenvalue weighted by atomic mass is 9.87. The second-order valence-electron chi connectivity index (χ2n) is 6.66. The van der Waals surface area contributed by atoms with Crippen molar-refractivity contribution in [2.75, 3.05) is 19.6 Å². The largest absolute Gasteiger partial charge is 0.335 e. The standard InChI is InChI=1S/C18H25ClN2O/c1-13(15-11-20-12-15)18(22)21-10-4-2-3-5-17(21)14-6-8-16(19)9-7-14/h6-9,13,15,17,20H,2-5,10-12H2,1H3. The van der Waals surface area contributed by atoms with Crippen LogP contribution in [0.5, 0.6) is 0 Å². The SMILES string of the molecule is CC(C(=O)N1CCCCCC1c1ccc(Cl)cc1)C1CNC1. The topological polar surface area (TPSA) is 32.3 Å². The molecule has 2 fully saturated rings. The molecule has 1 amide bonds. The van der Waals surface area contributed by atoms with E-state index >= 15 is 0 Å². The van der Waals surface area contributed by atoms with Crippen LogP contribution in [0, 0.1) is 11.8 Å². The Hall–Kier alpha value is -1.06. The highest BCUT2D eigenvalue weighted by Crippen LogP contribution is 2.33. The van der Waals surface area contributed by atoms with Crippen molar-refractivity contribution in [3.05, 3.63) is 34.9 Å². The van der Waals surface area contributed by atoms with E-state index in [1.54, 1.807) is 0 Å². The summed E-state index contributed by atoms with van der Waals surface area (Å²) in [6.45, 7) is 4.94. The minimum absolute atomic E-state index is 0.120. The zero-order chi connectivity index (χ0) is 15.5. The highest BCUT2D eigenvalue weighted by Gasteiger charge is 2.35. The summed E-state index contributed by atoms with van der Waals surface area (Å²) in [6, 6.07) is 8.23. The first-order valence-corrected chi connectivity index (χ1v) is 8.81. The number of hydrogen-bond donors (Lipinski definition) is 1. The summed E-state index contributed by atoms with van der Waals surface area (Å²) in [5.41, 5.74) is 1.22. The third-order valence-electron chi connectivity index (χ3n) is 5.20. The van der Waals surface area contributed by atoms with Gasteiger partial charge in [0.25, 0.3) is 0 Å². The highest BCUT2D eigenvalue weighted by atomic mass is 35.5. The fourth-order valence-electron chi connectivity index (χ4n) is 3.53. The number of carbonyl (C=O) groups is 1. The molecule has 4 heteroatoms. The maximum absolute atomic E-state index is 13.0. The molecule has 3 rings (SSSR count). The van der Waals surface area contributed by atoms with E-state index < -0.39 is 0 Å². The molecule has 3 nitrogen and oxygen atoms in total. The molecule has 120 valence electrons. The van der Waals surface area contributed by atoms with Gasteiger partial charge in [0.15, 0.2) is 0 Å². The Balaban J connectivity index is 1.80. The summed E-state index contributed by atoms with van der Waals surface area (Å²) in [6.07, 6.45) is 4.58. The number of carbonyl (C=O) groups excluding carboxylic acids is 1. The lowest BCUT2D eigenvalue weighted by Gasteiger charge is -2.38.